The van der Waals surface area contributed by atoms with Gasteiger partial charge in [-0.2, -0.15) is 5.26 Å². The molecule has 0 unspecified atom stereocenters. The molecule has 3 rings (SSSR count). The maximum atomic E-state index is 12.9. The Morgan fingerprint density at radius 2 is 1.97 bits per heavy atom. The van der Waals surface area contributed by atoms with E-state index in [9.17, 15) is 14.9 Å². The summed E-state index contributed by atoms with van der Waals surface area (Å²) in [4.78, 5) is 30.0. The van der Waals surface area contributed by atoms with Gasteiger partial charge in [0.15, 0.2) is 0 Å². The molecule has 3 heterocycles. The molecule has 1 aromatic heterocycles. The van der Waals surface area contributed by atoms with Crippen LogP contribution in [0.3, 0.4) is 0 Å². The molecule has 2 fully saturated rings. The van der Waals surface area contributed by atoms with E-state index in [4.69, 9.17) is 12.2 Å². The van der Waals surface area contributed by atoms with Gasteiger partial charge >= 0.3 is 0 Å². The molecule has 0 radical (unpaired) electrons. The van der Waals surface area contributed by atoms with Gasteiger partial charge in [-0.15, -0.1) is 0 Å². The third-order valence-corrected chi connectivity index (χ3v) is 7.03. The summed E-state index contributed by atoms with van der Waals surface area (Å²) in [5.41, 5.74) is 1.20. The zero-order valence-corrected chi connectivity index (χ0v) is 19.0. The number of piperidine rings is 1. The highest BCUT2D eigenvalue weighted by molar-refractivity contribution is 8.26. The molecular weight excluding hydrogens is 404 g/mol. The Bertz CT molecular complexity index is 982. The fourth-order valence-corrected chi connectivity index (χ4v) is 5.15. The van der Waals surface area contributed by atoms with E-state index in [0.29, 0.717) is 27.3 Å². The van der Waals surface area contributed by atoms with Crippen LogP contribution in [0.25, 0.3) is 6.08 Å². The van der Waals surface area contributed by atoms with Gasteiger partial charge in [0.25, 0.3) is 11.5 Å². The maximum absolute atomic E-state index is 12.9. The number of thiocarbonyl (C=S) groups is 1. The molecule has 2 saturated heterocycles. The summed E-state index contributed by atoms with van der Waals surface area (Å²) >= 11 is 6.67. The molecule has 0 aliphatic carbocycles. The van der Waals surface area contributed by atoms with Crippen molar-refractivity contribution < 1.29 is 4.79 Å². The number of carbonyl (C=O) groups excluding carboxylic acids is 1. The predicted molar refractivity (Wildman–Crippen MR) is 122 cm³/mol. The van der Waals surface area contributed by atoms with Crippen LogP contribution in [0, 0.1) is 24.2 Å². The highest BCUT2D eigenvalue weighted by Gasteiger charge is 2.32. The standard InChI is InChI=1S/C21H26N4O2S2/c1-5-8-25-20(27)17(29-21(25)28)11-15-14(3)16(12-22)19(26)23(4)18(15)24-9-6-13(2)7-10-24/h11,13H,5-10H2,1-4H3/b17-11-. The highest BCUT2D eigenvalue weighted by atomic mass is 32.2. The molecule has 0 N–H and O–H groups in total. The second kappa shape index (κ2) is 8.72. The van der Waals surface area contributed by atoms with E-state index in [1.54, 1.807) is 23.4 Å². The Balaban J connectivity index is 2.16. The highest BCUT2D eigenvalue weighted by Crippen LogP contribution is 2.36. The Morgan fingerprint density at radius 3 is 2.55 bits per heavy atom. The zero-order chi connectivity index (χ0) is 21.3. The Hall–Kier alpha value is -2.11. The Labute approximate surface area is 181 Å². The first-order valence-corrected chi connectivity index (χ1v) is 11.2. The van der Waals surface area contributed by atoms with Gasteiger partial charge in [-0.3, -0.25) is 19.1 Å². The zero-order valence-electron chi connectivity index (χ0n) is 17.3. The average molecular weight is 431 g/mol. The lowest BCUT2D eigenvalue weighted by atomic mass is 9.97. The number of nitriles is 1. The van der Waals surface area contributed by atoms with E-state index < -0.39 is 0 Å². The van der Waals surface area contributed by atoms with E-state index in [-0.39, 0.29) is 17.0 Å². The Morgan fingerprint density at radius 1 is 1.31 bits per heavy atom. The SMILES string of the molecule is CCCN1C(=O)/C(=C/c2c(C)c(C#N)c(=O)n(C)c2N2CCC(C)CC2)SC1=S. The van der Waals surface area contributed by atoms with Crippen molar-refractivity contribution in [3.05, 3.63) is 31.9 Å². The number of thioether (sulfide) groups is 1. The lowest BCUT2D eigenvalue weighted by Gasteiger charge is -2.34. The maximum Gasteiger partial charge on any atom is 0.270 e. The normalized spacial score (nSPS) is 19.3. The van der Waals surface area contributed by atoms with Crippen molar-refractivity contribution in [2.24, 2.45) is 13.0 Å². The van der Waals surface area contributed by atoms with Crippen molar-refractivity contribution in [1.29, 1.82) is 5.26 Å². The molecule has 0 bridgehead atoms. The summed E-state index contributed by atoms with van der Waals surface area (Å²) in [6, 6.07) is 2.05. The molecule has 0 atom stereocenters. The largest absolute Gasteiger partial charge is 0.357 e. The minimum atomic E-state index is -0.297. The molecule has 1 amide bonds. The second-order valence-electron chi connectivity index (χ2n) is 7.72. The van der Waals surface area contributed by atoms with Gasteiger partial charge in [-0.1, -0.05) is 37.8 Å². The van der Waals surface area contributed by atoms with Gasteiger partial charge in [0.2, 0.25) is 0 Å². The summed E-state index contributed by atoms with van der Waals surface area (Å²) in [5.74, 6) is 1.32. The van der Waals surface area contributed by atoms with E-state index in [0.717, 1.165) is 43.7 Å². The van der Waals surface area contributed by atoms with Gasteiger partial charge in [-0.25, -0.2) is 0 Å². The van der Waals surface area contributed by atoms with Crippen LogP contribution in [-0.2, 0) is 11.8 Å². The topological polar surface area (TPSA) is 69.3 Å². The van der Waals surface area contributed by atoms with Crippen molar-refractivity contribution in [1.82, 2.24) is 9.47 Å². The number of pyridine rings is 1. The number of carbonyl (C=O) groups is 1. The smallest absolute Gasteiger partial charge is 0.270 e. The third kappa shape index (κ3) is 3.99. The molecule has 0 spiro atoms. The molecular formula is C21H26N4O2S2. The third-order valence-electron chi connectivity index (χ3n) is 5.65. The lowest BCUT2D eigenvalue weighted by Crippen LogP contribution is -2.38. The molecule has 154 valence electrons. The fraction of sp³-hybridized carbons (Fsp3) is 0.524. The summed E-state index contributed by atoms with van der Waals surface area (Å²) in [6.45, 7) is 8.31. The van der Waals surface area contributed by atoms with Crippen LogP contribution in [0.15, 0.2) is 9.70 Å². The van der Waals surface area contributed by atoms with Gasteiger partial charge in [0.1, 0.15) is 21.8 Å². The number of aromatic nitrogens is 1. The van der Waals surface area contributed by atoms with Gasteiger partial charge in [0, 0.05) is 32.2 Å². The number of nitrogens with zero attached hydrogens (tertiary/aromatic N) is 4. The fourth-order valence-electron chi connectivity index (χ4n) is 3.86. The van der Waals surface area contributed by atoms with Crippen LogP contribution < -0.4 is 10.5 Å². The van der Waals surface area contributed by atoms with Gasteiger partial charge < -0.3 is 4.90 Å². The van der Waals surface area contributed by atoms with Crippen LogP contribution in [0.4, 0.5) is 5.82 Å². The van der Waals surface area contributed by atoms with Gasteiger partial charge in [0.05, 0.1) is 4.91 Å². The van der Waals surface area contributed by atoms with Crippen LogP contribution in [-0.4, -0.2) is 39.3 Å². The number of amides is 1. The predicted octanol–water partition coefficient (Wildman–Crippen LogP) is 3.41. The Kier molecular flexibility index (Phi) is 6.49. The molecule has 0 aromatic carbocycles. The minimum absolute atomic E-state index is 0.105. The van der Waals surface area contributed by atoms with E-state index >= 15 is 0 Å². The summed E-state index contributed by atoms with van der Waals surface area (Å²) in [5, 5.41) is 9.55. The molecule has 1 aromatic rings. The number of hydrogen-bond donors (Lipinski definition) is 0. The van der Waals surface area contributed by atoms with Crippen molar-refractivity contribution >= 4 is 46.1 Å². The van der Waals surface area contributed by atoms with E-state index in [2.05, 4.69) is 11.8 Å². The van der Waals surface area contributed by atoms with Gasteiger partial charge in [-0.05, 0) is 43.7 Å². The summed E-state index contributed by atoms with van der Waals surface area (Å²) in [6.07, 6.45) is 4.74. The first-order valence-electron chi connectivity index (χ1n) is 9.94. The van der Waals surface area contributed by atoms with Crippen LogP contribution in [0.2, 0.25) is 0 Å². The molecule has 2 aliphatic heterocycles. The molecule has 6 nitrogen and oxygen atoms in total. The van der Waals surface area contributed by atoms with E-state index in [1.165, 1.54) is 11.8 Å². The van der Waals surface area contributed by atoms with Crippen LogP contribution >= 0.6 is 24.0 Å². The van der Waals surface area contributed by atoms with E-state index in [1.807, 2.05) is 19.1 Å². The molecule has 29 heavy (non-hydrogen) atoms. The number of anilines is 1. The minimum Gasteiger partial charge on any atom is -0.357 e. The lowest BCUT2D eigenvalue weighted by molar-refractivity contribution is -0.122. The second-order valence-corrected chi connectivity index (χ2v) is 9.39. The monoisotopic (exact) mass is 430 g/mol. The summed E-state index contributed by atoms with van der Waals surface area (Å²) < 4.78 is 2.11. The van der Waals surface area contributed by atoms with Crippen molar-refractivity contribution in [2.45, 2.75) is 40.0 Å². The van der Waals surface area contributed by atoms with Crippen molar-refractivity contribution in [2.75, 3.05) is 24.5 Å². The first kappa shape index (κ1) is 21.6. The average Bonchev–Trinajstić information content (AvgIpc) is 2.95. The number of rotatable bonds is 4. The molecule has 0 saturated carbocycles. The van der Waals surface area contributed by atoms with Crippen molar-refractivity contribution in [3.63, 3.8) is 0 Å². The van der Waals surface area contributed by atoms with Crippen molar-refractivity contribution in [3.8, 4) is 6.07 Å². The molecule has 2 aliphatic rings. The van der Waals surface area contributed by atoms with Crippen LogP contribution in [0.1, 0.15) is 49.8 Å². The van der Waals surface area contributed by atoms with Crippen LogP contribution in [0.5, 0.6) is 0 Å². The number of hydrogen-bond acceptors (Lipinski definition) is 6. The quantitative estimate of drug-likeness (QED) is 0.539. The molecule has 8 heteroatoms. The first-order chi connectivity index (χ1) is 13.8. The summed E-state index contributed by atoms with van der Waals surface area (Å²) in [7, 11) is 1.70.